The second-order valence-corrected chi connectivity index (χ2v) is 7.33. The monoisotopic (exact) mass is 345 g/mol. The van der Waals surface area contributed by atoms with Gasteiger partial charge in [-0.25, -0.2) is 0 Å². The number of carbonyl (C=O) groups is 1. The van der Waals surface area contributed by atoms with Crippen LogP contribution in [0.25, 0.3) is 0 Å². The molecule has 1 heterocycles. The van der Waals surface area contributed by atoms with E-state index in [2.05, 4.69) is 39.5 Å². The van der Waals surface area contributed by atoms with Gasteiger partial charge in [-0.3, -0.25) is 9.69 Å². The van der Waals surface area contributed by atoms with Crippen LogP contribution < -0.4 is 4.74 Å². The average molecular weight is 346 g/mol. The number of thiophene rings is 1. The van der Waals surface area contributed by atoms with Gasteiger partial charge >= 0.3 is 5.97 Å². The van der Waals surface area contributed by atoms with Crippen LogP contribution in [0.4, 0.5) is 0 Å². The molecule has 0 aromatic carbocycles. The number of nitrogens with zero attached hydrogens (tertiary/aromatic N) is 1. The van der Waals surface area contributed by atoms with Gasteiger partial charge in [0.25, 0.3) is 0 Å². The maximum absolute atomic E-state index is 12.8. The van der Waals surface area contributed by atoms with Crippen molar-refractivity contribution in [1.82, 2.24) is 4.90 Å². The molecule has 0 radical (unpaired) electrons. The van der Waals surface area contributed by atoms with E-state index in [9.17, 15) is 4.79 Å². The van der Waals surface area contributed by atoms with Crippen molar-refractivity contribution in [2.75, 3.05) is 0 Å². The molecule has 0 saturated heterocycles. The van der Waals surface area contributed by atoms with Crippen LogP contribution in [-0.4, -0.2) is 29.0 Å². The van der Waals surface area contributed by atoms with Crippen LogP contribution in [0.3, 0.4) is 0 Å². The summed E-state index contributed by atoms with van der Waals surface area (Å²) in [6.45, 7) is 11.0. The molecule has 126 valence electrons. The van der Waals surface area contributed by atoms with Crippen LogP contribution in [0, 0.1) is 5.41 Å². The second-order valence-electron chi connectivity index (χ2n) is 6.55. The Balaban J connectivity index is 0.00000242. The molecule has 0 spiro atoms. The molecule has 5 heteroatoms. The predicted molar refractivity (Wildman–Crippen MR) is 95.1 cm³/mol. The van der Waals surface area contributed by atoms with Crippen LogP contribution in [0.15, 0.2) is 16.8 Å². The molecular weight excluding hydrogens is 318 g/mol. The van der Waals surface area contributed by atoms with Gasteiger partial charge in [0.05, 0.1) is 5.41 Å². The predicted octanol–water partition coefficient (Wildman–Crippen LogP) is 4.75. The number of ether oxygens (including phenoxy) is 1. The highest BCUT2D eigenvalue weighted by molar-refractivity contribution is 7.08. The molecule has 1 saturated carbocycles. The van der Waals surface area contributed by atoms with E-state index in [0.717, 1.165) is 19.3 Å². The Kier molecular flexibility index (Phi) is 6.90. The zero-order valence-electron chi connectivity index (χ0n) is 14.2. The Morgan fingerprint density at radius 2 is 2.05 bits per heavy atom. The van der Waals surface area contributed by atoms with Gasteiger partial charge in [-0.15, -0.1) is 23.7 Å². The van der Waals surface area contributed by atoms with E-state index in [0.29, 0.717) is 23.9 Å². The van der Waals surface area contributed by atoms with E-state index in [1.165, 1.54) is 0 Å². The highest BCUT2D eigenvalue weighted by atomic mass is 35.5. The first-order valence-corrected chi connectivity index (χ1v) is 8.88. The van der Waals surface area contributed by atoms with Crippen LogP contribution in [0.5, 0.6) is 5.75 Å². The number of hydrogen-bond acceptors (Lipinski definition) is 4. The van der Waals surface area contributed by atoms with Crippen LogP contribution in [0.1, 0.15) is 53.9 Å². The van der Waals surface area contributed by atoms with Gasteiger partial charge < -0.3 is 4.74 Å². The lowest BCUT2D eigenvalue weighted by Crippen LogP contribution is -2.63. The van der Waals surface area contributed by atoms with Crippen molar-refractivity contribution in [3.05, 3.63) is 16.8 Å². The summed E-state index contributed by atoms with van der Waals surface area (Å²) in [6.07, 6.45) is 2.87. The van der Waals surface area contributed by atoms with Gasteiger partial charge in [0.1, 0.15) is 5.75 Å². The second kappa shape index (κ2) is 7.80. The molecular formula is C17H28ClNO2S. The van der Waals surface area contributed by atoms with Crippen molar-refractivity contribution < 1.29 is 9.53 Å². The van der Waals surface area contributed by atoms with E-state index in [1.54, 1.807) is 11.3 Å². The molecule has 0 amide bonds. The van der Waals surface area contributed by atoms with Gasteiger partial charge in [-0.1, -0.05) is 6.92 Å². The number of hydrogen-bond donors (Lipinski definition) is 0. The van der Waals surface area contributed by atoms with Crippen molar-refractivity contribution in [3.63, 3.8) is 0 Å². The Morgan fingerprint density at radius 1 is 1.41 bits per heavy atom. The molecule has 3 nitrogen and oxygen atoms in total. The molecule has 1 aliphatic rings. The summed E-state index contributed by atoms with van der Waals surface area (Å²) in [5, 5.41) is 3.83. The normalized spacial score (nSPS) is 24.3. The molecule has 22 heavy (non-hydrogen) atoms. The standard InChI is InChI=1S/C17H27NO2S.ClH/c1-6-17(16(19)20-14-8-10-21-11-14)9-7-15(17)18(12(2)3)13(4)5;/h8,10-13,15H,6-7,9H2,1-5H3;1H. The third-order valence-corrected chi connectivity index (χ3v) is 5.46. The lowest BCUT2D eigenvalue weighted by atomic mass is 9.61. The van der Waals surface area contributed by atoms with E-state index < -0.39 is 0 Å². The first-order valence-electron chi connectivity index (χ1n) is 7.94. The Labute approximate surface area is 144 Å². The third-order valence-electron chi connectivity index (χ3n) is 4.80. The van der Waals surface area contributed by atoms with Crippen molar-refractivity contribution in [3.8, 4) is 5.75 Å². The van der Waals surface area contributed by atoms with Gasteiger partial charge in [-0.2, -0.15) is 0 Å². The minimum atomic E-state index is -0.337. The number of halogens is 1. The smallest absolute Gasteiger partial charge is 0.319 e. The third kappa shape index (κ3) is 3.50. The molecule has 1 aromatic heterocycles. The zero-order chi connectivity index (χ0) is 15.6. The van der Waals surface area contributed by atoms with Crippen molar-refractivity contribution in [2.45, 2.75) is 72.0 Å². The summed E-state index contributed by atoms with van der Waals surface area (Å²) in [5.74, 6) is 0.634. The fraction of sp³-hybridized carbons (Fsp3) is 0.706. The lowest BCUT2D eigenvalue weighted by molar-refractivity contribution is -0.164. The number of rotatable bonds is 6. The highest BCUT2D eigenvalue weighted by Gasteiger charge is 2.55. The molecule has 0 aliphatic heterocycles. The summed E-state index contributed by atoms with van der Waals surface area (Å²) in [7, 11) is 0. The van der Waals surface area contributed by atoms with Crippen molar-refractivity contribution in [1.29, 1.82) is 0 Å². The summed E-state index contributed by atoms with van der Waals surface area (Å²) >= 11 is 1.55. The minimum absolute atomic E-state index is 0. The Hall–Kier alpha value is -0.580. The average Bonchev–Trinajstić information content (AvgIpc) is 2.87. The fourth-order valence-corrected chi connectivity index (χ4v) is 4.24. The van der Waals surface area contributed by atoms with Gasteiger partial charge in [-0.05, 0) is 58.4 Å². The van der Waals surface area contributed by atoms with Crippen molar-refractivity contribution in [2.24, 2.45) is 5.41 Å². The maximum atomic E-state index is 12.8. The Morgan fingerprint density at radius 3 is 2.41 bits per heavy atom. The van der Waals surface area contributed by atoms with E-state index in [1.807, 2.05) is 16.8 Å². The molecule has 0 N–H and O–H groups in total. The molecule has 1 aliphatic carbocycles. The summed E-state index contributed by atoms with van der Waals surface area (Å²) < 4.78 is 5.64. The van der Waals surface area contributed by atoms with Crippen LogP contribution in [-0.2, 0) is 4.79 Å². The first-order chi connectivity index (χ1) is 9.92. The largest absolute Gasteiger partial charge is 0.425 e. The highest BCUT2D eigenvalue weighted by Crippen LogP contribution is 2.49. The topological polar surface area (TPSA) is 29.5 Å². The molecule has 1 fully saturated rings. The first kappa shape index (κ1) is 19.5. The SMILES string of the molecule is CCC1(C(=O)Oc2ccsc2)CCC1N(C(C)C)C(C)C.Cl. The van der Waals surface area contributed by atoms with Crippen molar-refractivity contribution >= 4 is 29.7 Å². The molecule has 2 unspecified atom stereocenters. The molecule has 1 aromatic rings. The van der Waals surface area contributed by atoms with Gasteiger partial charge in [0, 0.05) is 23.5 Å². The molecule has 0 bridgehead atoms. The van der Waals surface area contributed by atoms with Crippen LogP contribution >= 0.6 is 23.7 Å². The summed E-state index contributed by atoms with van der Waals surface area (Å²) in [6, 6.07) is 3.04. The zero-order valence-corrected chi connectivity index (χ0v) is 15.8. The molecule has 2 rings (SSSR count). The number of carbonyl (C=O) groups excluding carboxylic acids is 1. The van der Waals surface area contributed by atoms with E-state index in [4.69, 9.17) is 4.74 Å². The summed E-state index contributed by atoms with van der Waals surface area (Å²) in [4.78, 5) is 15.2. The lowest BCUT2D eigenvalue weighted by Gasteiger charge is -2.54. The van der Waals surface area contributed by atoms with E-state index in [-0.39, 0.29) is 23.8 Å². The quantitative estimate of drug-likeness (QED) is 0.696. The Bertz CT molecular complexity index is 463. The number of esters is 1. The maximum Gasteiger partial charge on any atom is 0.319 e. The molecule has 2 atom stereocenters. The minimum Gasteiger partial charge on any atom is -0.425 e. The van der Waals surface area contributed by atoms with E-state index >= 15 is 0 Å². The fourth-order valence-electron chi connectivity index (χ4n) is 3.69. The van der Waals surface area contributed by atoms with Gasteiger partial charge in [0.2, 0.25) is 0 Å². The van der Waals surface area contributed by atoms with Crippen LogP contribution in [0.2, 0.25) is 0 Å². The van der Waals surface area contributed by atoms with Gasteiger partial charge in [0.15, 0.2) is 0 Å². The summed E-state index contributed by atoms with van der Waals surface area (Å²) in [5.41, 5.74) is -0.337.